The summed E-state index contributed by atoms with van der Waals surface area (Å²) in [5.74, 6) is 0.372. The normalized spacial score (nSPS) is 10.7. The number of benzene rings is 1. The van der Waals surface area contributed by atoms with Crippen LogP contribution in [0.25, 0.3) is 0 Å². The fourth-order valence-corrected chi connectivity index (χ4v) is 3.09. The largest absolute Gasteiger partial charge is 0.361 e. The number of thioether (sulfide) groups is 1. The van der Waals surface area contributed by atoms with Gasteiger partial charge in [0.2, 0.25) is 0 Å². The van der Waals surface area contributed by atoms with Crippen LogP contribution in [0.4, 0.5) is 10.1 Å². The molecule has 3 rings (SSSR count). The van der Waals surface area contributed by atoms with E-state index in [4.69, 9.17) is 4.52 Å². The highest BCUT2D eigenvalue weighted by Crippen LogP contribution is 2.25. The van der Waals surface area contributed by atoms with Crippen molar-refractivity contribution < 1.29 is 13.7 Å². The zero-order valence-corrected chi connectivity index (χ0v) is 14.6. The summed E-state index contributed by atoms with van der Waals surface area (Å²) in [7, 11) is 0. The van der Waals surface area contributed by atoms with Crippen LogP contribution in [0.3, 0.4) is 0 Å². The van der Waals surface area contributed by atoms with E-state index in [0.717, 1.165) is 17.0 Å². The van der Waals surface area contributed by atoms with Crippen LogP contribution in [0, 0.1) is 19.7 Å². The molecule has 25 heavy (non-hydrogen) atoms. The molecule has 0 aliphatic heterocycles. The monoisotopic (exact) mass is 357 g/mol. The van der Waals surface area contributed by atoms with Crippen molar-refractivity contribution in [2.75, 3.05) is 5.32 Å². The van der Waals surface area contributed by atoms with Crippen LogP contribution in [-0.4, -0.2) is 16.0 Å². The van der Waals surface area contributed by atoms with Crippen molar-refractivity contribution in [3.05, 3.63) is 71.0 Å². The lowest BCUT2D eigenvalue weighted by Crippen LogP contribution is -2.14. The minimum atomic E-state index is -0.468. The maximum absolute atomic E-state index is 13.9. The second-order valence-electron chi connectivity index (χ2n) is 5.51. The first kappa shape index (κ1) is 17.2. The number of carbonyl (C=O) groups excluding carboxylic acids is 1. The van der Waals surface area contributed by atoms with E-state index >= 15 is 0 Å². The number of aromatic nitrogens is 2. The molecule has 0 atom stereocenters. The molecule has 5 nitrogen and oxygen atoms in total. The molecule has 128 valence electrons. The zero-order chi connectivity index (χ0) is 17.8. The lowest BCUT2D eigenvalue weighted by atomic mass is 10.2. The molecular weight excluding hydrogens is 341 g/mol. The van der Waals surface area contributed by atoms with Gasteiger partial charge in [0.1, 0.15) is 16.6 Å². The number of anilines is 1. The Bertz CT molecular complexity index is 911. The maximum Gasteiger partial charge on any atom is 0.258 e. The molecule has 0 saturated carbocycles. The molecular formula is C18H16FN3O2S. The van der Waals surface area contributed by atoms with E-state index in [1.807, 2.05) is 13.0 Å². The number of nitrogens with one attached hydrogen (secondary N) is 1. The molecule has 2 aromatic heterocycles. The third-order valence-corrected chi connectivity index (χ3v) is 4.46. The summed E-state index contributed by atoms with van der Waals surface area (Å²) in [5, 5.41) is 7.06. The van der Waals surface area contributed by atoms with Crippen molar-refractivity contribution in [3.8, 4) is 0 Å². The molecule has 0 spiro atoms. The van der Waals surface area contributed by atoms with Crippen LogP contribution < -0.4 is 5.32 Å². The summed E-state index contributed by atoms with van der Waals surface area (Å²) in [5.41, 5.74) is 2.08. The van der Waals surface area contributed by atoms with Crippen LogP contribution in [-0.2, 0) is 5.75 Å². The minimum Gasteiger partial charge on any atom is -0.361 e. The van der Waals surface area contributed by atoms with Crippen molar-refractivity contribution in [2.45, 2.75) is 24.6 Å². The van der Waals surface area contributed by atoms with Gasteiger partial charge in [-0.2, -0.15) is 0 Å². The summed E-state index contributed by atoms with van der Waals surface area (Å²) in [4.78, 5) is 16.8. The van der Waals surface area contributed by atoms with Gasteiger partial charge in [-0.1, -0.05) is 23.0 Å². The molecule has 2 heterocycles. The van der Waals surface area contributed by atoms with E-state index in [-0.39, 0.29) is 5.69 Å². The van der Waals surface area contributed by atoms with Gasteiger partial charge in [0, 0.05) is 18.0 Å². The number of carbonyl (C=O) groups is 1. The van der Waals surface area contributed by atoms with Crippen molar-refractivity contribution in [3.63, 3.8) is 0 Å². The number of pyridine rings is 1. The lowest BCUT2D eigenvalue weighted by molar-refractivity contribution is 0.102. The molecule has 7 heteroatoms. The van der Waals surface area contributed by atoms with Gasteiger partial charge in [-0.25, -0.2) is 9.37 Å². The Labute approximate surface area is 148 Å². The van der Waals surface area contributed by atoms with E-state index in [0.29, 0.717) is 16.3 Å². The summed E-state index contributed by atoms with van der Waals surface area (Å²) in [6, 6.07) is 9.82. The Morgan fingerprint density at radius 1 is 1.28 bits per heavy atom. The zero-order valence-electron chi connectivity index (χ0n) is 13.7. The number of rotatable bonds is 5. The van der Waals surface area contributed by atoms with Crippen molar-refractivity contribution in [1.29, 1.82) is 0 Å². The number of amides is 1. The molecule has 0 saturated heterocycles. The van der Waals surface area contributed by atoms with E-state index in [9.17, 15) is 9.18 Å². The van der Waals surface area contributed by atoms with Gasteiger partial charge in [0.05, 0.1) is 16.9 Å². The van der Waals surface area contributed by atoms with Crippen LogP contribution in [0.2, 0.25) is 0 Å². The van der Waals surface area contributed by atoms with E-state index in [2.05, 4.69) is 15.5 Å². The molecule has 0 aliphatic rings. The Hall–Kier alpha value is -2.67. The summed E-state index contributed by atoms with van der Waals surface area (Å²) in [6.07, 6.45) is 1.61. The average Bonchev–Trinajstić information content (AvgIpc) is 3.01. The van der Waals surface area contributed by atoms with E-state index in [1.54, 1.807) is 37.4 Å². The van der Waals surface area contributed by atoms with Gasteiger partial charge in [0.15, 0.2) is 0 Å². The second-order valence-corrected chi connectivity index (χ2v) is 6.48. The third-order valence-electron chi connectivity index (χ3n) is 3.42. The number of halogens is 1. The molecule has 0 bridgehead atoms. The van der Waals surface area contributed by atoms with Gasteiger partial charge in [-0.05, 0) is 43.7 Å². The maximum atomic E-state index is 13.9. The molecule has 1 amide bonds. The molecule has 1 aromatic carbocycles. The lowest BCUT2D eigenvalue weighted by Gasteiger charge is -2.09. The van der Waals surface area contributed by atoms with Gasteiger partial charge in [0.25, 0.3) is 5.91 Å². The van der Waals surface area contributed by atoms with Crippen molar-refractivity contribution in [2.24, 2.45) is 0 Å². The smallest absolute Gasteiger partial charge is 0.258 e. The van der Waals surface area contributed by atoms with Crippen LogP contribution in [0.1, 0.15) is 27.4 Å². The Morgan fingerprint density at radius 3 is 2.84 bits per heavy atom. The standard InChI is InChI=1S/C18H16FN3O2S/c1-11-5-6-16(15(19)8-11)21-17(23)14-4-3-7-20-18(14)25-10-13-9-12(2)24-22-13/h3-9H,10H2,1-2H3,(H,21,23). The molecule has 0 radical (unpaired) electrons. The molecule has 3 aromatic rings. The topological polar surface area (TPSA) is 68.0 Å². The number of nitrogens with zero attached hydrogens (tertiary/aromatic N) is 2. The summed E-state index contributed by atoms with van der Waals surface area (Å²) < 4.78 is 19.0. The predicted octanol–water partition coefficient (Wildman–Crippen LogP) is 4.37. The van der Waals surface area contributed by atoms with Crippen LogP contribution in [0.15, 0.2) is 52.1 Å². The minimum absolute atomic E-state index is 0.141. The van der Waals surface area contributed by atoms with Crippen molar-refractivity contribution >= 4 is 23.4 Å². The fourth-order valence-electron chi connectivity index (χ4n) is 2.22. The van der Waals surface area contributed by atoms with Gasteiger partial charge in [-0.3, -0.25) is 4.79 Å². The molecule has 0 fully saturated rings. The van der Waals surface area contributed by atoms with Gasteiger partial charge < -0.3 is 9.84 Å². The Morgan fingerprint density at radius 2 is 2.12 bits per heavy atom. The number of hydrogen-bond donors (Lipinski definition) is 1. The highest BCUT2D eigenvalue weighted by molar-refractivity contribution is 7.98. The first-order valence-electron chi connectivity index (χ1n) is 7.60. The van der Waals surface area contributed by atoms with E-state index in [1.165, 1.54) is 17.8 Å². The highest BCUT2D eigenvalue weighted by atomic mass is 32.2. The summed E-state index contributed by atoms with van der Waals surface area (Å²) >= 11 is 1.37. The molecule has 0 unspecified atom stereocenters. The van der Waals surface area contributed by atoms with Crippen molar-refractivity contribution in [1.82, 2.24) is 10.1 Å². The number of aryl methyl sites for hydroxylation is 2. The SMILES string of the molecule is Cc1ccc(NC(=O)c2cccnc2SCc2cc(C)on2)c(F)c1. The molecule has 1 N–H and O–H groups in total. The van der Waals surface area contributed by atoms with Gasteiger partial charge >= 0.3 is 0 Å². The summed E-state index contributed by atoms with van der Waals surface area (Å²) in [6.45, 7) is 3.60. The van der Waals surface area contributed by atoms with Gasteiger partial charge in [-0.15, -0.1) is 0 Å². The fraction of sp³-hybridized carbons (Fsp3) is 0.167. The second kappa shape index (κ2) is 7.48. The molecule has 0 aliphatic carbocycles. The van der Waals surface area contributed by atoms with E-state index < -0.39 is 11.7 Å². The Kier molecular flexibility index (Phi) is 5.14. The highest BCUT2D eigenvalue weighted by Gasteiger charge is 2.15. The predicted molar refractivity (Wildman–Crippen MR) is 94.1 cm³/mol. The van der Waals surface area contributed by atoms with Crippen LogP contribution in [0.5, 0.6) is 0 Å². The van der Waals surface area contributed by atoms with Crippen LogP contribution >= 0.6 is 11.8 Å². The third kappa shape index (κ3) is 4.24. The first-order valence-corrected chi connectivity index (χ1v) is 8.59. The first-order chi connectivity index (χ1) is 12.0. The quantitative estimate of drug-likeness (QED) is 0.687. The average molecular weight is 357 g/mol. The Balaban J connectivity index is 1.76. The number of hydrogen-bond acceptors (Lipinski definition) is 5.